The van der Waals surface area contributed by atoms with Crippen LogP contribution in [0.5, 0.6) is 0 Å². The van der Waals surface area contributed by atoms with E-state index in [0.29, 0.717) is 16.8 Å². The molecule has 18 nitrogen and oxygen atoms in total. The normalized spacial score (nSPS) is 13.6. The van der Waals surface area contributed by atoms with Crippen molar-refractivity contribution in [3.05, 3.63) is 77.9 Å². The summed E-state index contributed by atoms with van der Waals surface area (Å²) in [5.74, 6) is -5.04. The Morgan fingerprint density at radius 1 is 0.692 bits per heavy atom. The Morgan fingerprint density at radius 3 is 1.92 bits per heavy atom. The molecule has 2 aromatic carbocycles. The molecule has 0 aliphatic carbocycles. The maximum absolute atomic E-state index is 13.3. The van der Waals surface area contributed by atoms with Gasteiger partial charge in [0.1, 0.15) is 24.7 Å². The molecule has 276 valence electrons. The molecule has 0 bridgehead atoms. The Kier molecular flexibility index (Phi) is 15.0. The van der Waals surface area contributed by atoms with Gasteiger partial charge in [0.05, 0.1) is 13.1 Å². The quantitative estimate of drug-likeness (QED) is 0.0877. The number of benzene rings is 2. The minimum absolute atomic E-state index is 0.0413. The van der Waals surface area contributed by atoms with Gasteiger partial charge in [-0.25, -0.2) is 4.79 Å². The summed E-state index contributed by atoms with van der Waals surface area (Å²) in [6.07, 6.45) is 1.10. The molecule has 2 aromatic rings. The predicted octanol–water partition coefficient (Wildman–Crippen LogP) is -1.50. The third kappa shape index (κ3) is 13.4. The molecule has 0 radical (unpaired) electrons. The van der Waals surface area contributed by atoms with Crippen molar-refractivity contribution in [3.63, 3.8) is 0 Å². The highest BCUT2D eigenvalue weighted by atomic mass is 16.5. The van der Waals surface area contributed by atoms with Gasteiger partial charge in [0.2, 0.25) is 35.4 Å². The van der Waals surface area contributed by atoms with E-state index in [2.05, 4.69) is 31.9 Å². The number of carbonyl (C=O) groups excluding carboxylic acids is 9. The summed E-state index contributed by atoms with van der Waals surface area (Å²) < 4.78 is 4.72. The summed E-state index contributed by atoms with van der Waals surface area (Å²) in [5, 5.41) is 14.9. The lowest BCUT2D eigenvalue weighted by molar-refractivity contribution is -0.137. The van der Waals surface area contributed by atoms with Crippen molar-refractivity contribution in [2.45, 2.75) is 51.4 Å². The number of amides is 9. The number of anilines is 1. The lowest BCUT2D eigenvalue weighted by Crippen LogP contribution is -2.56. The molecule has 0 aromatic heterocycles. The Morgan fingerprint density at radius 2 is 1.29 bits per heavy atom. The van der Waals surface area contributed by atoms with E-state index in [9.17, 15) is 43.2 Å². The highest BCUT2D eigenvalue weighted by Gasteiger charge is 2.28. The van der Waals surface area contributed by atoms with Crippen LogP contribution in [0.25, 0.3) is 0 Å². The molecular formula is C34H40N8O10. The van der Waals surface area contributed by atoms with Gasteiger partial charge in [-0.1, -0.05) is 42.5 Å². The van der Waals surface area contributed by atoms with Crippen LogP contribution in [0.1, 0.15) is 31.4 Å². The molecule has 3 rings (SSSR count). The number of nitrogens with zero attached hydrogens (tertiary/aromatic N) is 1. The van der Waals surface area contributed by atoms with Gasteiger partial charge >= 0.3 is 6.09 Å². The fourth-order valence-corrected chi connectivity index (χ4v) is 4.56. The average molecular weight is 721 g/mol. The number of carbonyl (C=O) groups is 9. The maximum Gasteiger partial charge on any atom is 0.404 e. The first-order valence-corrected chi connectivity index (χ1v) is 16.0. The first-order chi connectivity index (χ1) is 24.7. The Bertz CT molecular complexity index is 1680. The average Bonchev–Trinajstić information content (AvgIpc) is 3.44. The molecule has 1 aliphatic heterocycles. The van der Waals surface area contributed by atoms with Crippen molar-refractivity contribution in [2.75, 3.05) is 25.0 Å². The fourth-order valence-electron chi connectivity index (χ4n) is 4.56. The number of rotatable bonds is 18. The molecule has 0 spiro atoms. The van der Waals surface area contributed by atoms with Crippen LogP contribution >= 0.6 is 0 Å². The van der Waals surface area contributed by atoms with Gasteiger partial charge in [-0.15, -0.1) is 0 Å². The third-order valence-electron chi connectivity index (χ3n) is 7.40. The highest BCUT2D eigenvalue weighted by molar-refractivity contribution is 6.13. The number of hydrogen-bond acceptors (Lipinski definition) is 10. The van der Waals surface area contributed by atoms with Crippen molar-refractivity contribution < 1.29 is 47.9 Å². The SMILES string of the molecule is C[C@H](NC(=O)CNC(=O)CNC(=O)CCN1C(=O)C=CC1=O)C(=O)N[C@@H](Cc1ccccc1)C(=O)N[C@@H](C)C(=O)Nc1ccc(COC(N)=O)cc1. The van der Waals surface area contributed by atoms with E-state index >= 15 is 0 Å². The lowest BCUT2D eigenvalue weighted by atomic mass is 10.0. The Labute approximate surface area is 298 Å². The summed E-state index contributed by atoms with van der Waals surface area (Å²) in [5.41, 5.74) is 6.73. The number of primary amides is 1. The maximum atomic E-state index is 13.3. The molecule has 52 heavy (non-hydrogen) atoms. The second kappa shape index (κ2) is 19.6. The number of nitrogens with one attached hydrogen (secondary N) is 6. The highest BCUT2D eigenvalue weighted by Crippen LogP contribution is 2.11. The predicted molar refractivity (Wildman–Crippen MR) is 183 cm³/mol. The van der Waals surface area contributed by atoms with E-state index in [1.54, 1.807) is 54.6 Å². The minimum Gasteiger partial charge on any atom is -0.445 e. The molecule has 0 saturated heterocycles. The second-order valence-electron chi connectivity index (χ2n) is 11.5. The topological polar surface area (TPSA) is 264 Å². The first-order valence-electron chi connectivity index (χ1n) is 16.0. The number of ether oxygens (including phenoxy) is 1. The molecule has 8 N–H and O–H groups in total. The molecule has 3 atom stereocenters. The van der Waals surface area contributed by atoms with Gasteiger partial charge in [-0.3, -0.25) is 43.3 Å². The van der Waals surface area contributed by atoms with Crippen LogP contribution in [-0.4, -0.2) is 96.0 Å². The Hall–Kier alpha value is -6.59. The van der Waals surface area contributed by atoms with Crippen LogP contribution in [0.3, 0.4) is 0 Å². The van der Waals surface area contributed by atoms with Gasteiger partial charge in [-0.2, -0.15) is 0 Å². The van der Waals surface area contributed by atoms with Gasteiger partial charge in [-0.05, 0) is 37.1 Å². The van der Waals surface area contributed by atoms with Crippen molar-refractivity contribution >= 4 is 59.0 Å². The zero-order chi connectivity index (χ0) is 38.2. The van der Waals surface area contributed by atoms with E-state index in [0.717, 1.165) is 17.1 Å². The molecule has 18 heteroatoms. The van der Waals surface area contributed by atoms with Gasteiger partial charge in [0, 0.05) is 37.2 Å². The van der Waals surface area contributed by atoms with Gasteiger partial charge < -0.3 is 42.4 Å². The van der Waals surface area contributed by atoms with Crippen molar-refractivity contribution in [1.29, 1.82) is 0 Å². The van der Waals surface area contributed by atoms with Crippen LogP contribution in [0, 0.1) is 0 Å². The largest absolute Gasteiger partial charge is 0.445 e. The summed E-state index contributed by atoms with van der Waals surface area (Å²) in [7, 11) is 0. The summed E-state index contributed by atoms with van der Waals surface area (Å²) in [4.78, 5) is 111. The summed E-state index contributed by atoms with van der Waals surface area (Å²) in [6, 6.07) is 11.9. The first kappa shape index (κ1) is 39.8. The Balaban J connectivity index is 1.47. The van der Waals surface area contributed by atoms with Gasteiger partial charge in [0.25, 0.3) is 11.8 Å². The van der Waals surface area contributed by atoms with Crippen molar-refractivity contribution in [2.24, 2.45) is 5.73 Å². The van der Waals surface area contributed by atoms with E-state index in [1.165, 1.54) is 13.8 Å². The summed E-state index contributed by atoms with van der Waals surface area (Å²) >= 11 is 0. The number of nitrogens with two attached hydrogens (primary N) is 1. The zero-order valence-electron chi connectivity index (χ0n) is 28.4. The molecule has 0 saturated carbocycles. The third-order valence-corrected chi connectivity index (χ3v) is 7.40. The van der Waals surface area contributed by atoms with E-state index in [-0.39, 0.29) is 26.0 Å². The zero-order valence-corrected chi connectivity index (χ0v) is 28.4. The van der Waals surface area contributed by atoms with Crippen LogP contribution in [-0.2, 0) is 56.1 Å². The number of imide groups is 1. The van der Waals surface area contributed by atoms with Crippen LogP contribution in [0.2, 0.25) is 0 Å². The molecule has 9 amide bonds. The van der Waals surface area contributed by atoms with E-state index in [4.69, 9.17) is 10.5 Å². The van der Waals surface area contributed by atoms with E-state index < -0.39 is 84.6 Å². The van der Waals surface area contributed by atoms with E-state index in [1.807, 2.05) is 0 Å². The summed E-state index contributed by atoms with van der Waals surface area (Å²) in [6.45, 7) is 1.63. The molecule has 0 fully saturated rings. The monoisotopic (exact) mass is 720 g/mol. The van der Waals surface area contributed by atoms with Gasteiger partial charge in [0.15, 0.2) is 0 Å². The number of hydrogen-bond donors (Lipinski definition) is 7. The minimum atomic E-state index is -1.14. The van der Waals surface area contributed by atoms with Crippen LogP contribution in [0.15, 0.2) is 66.7 Å². The lowest BCUT2D eigenvalue weighted by Gasteiger charge is -2.23. The second-order valence-corrected chi connectivity index (χ2v) is 11.5. The molecule has 0 unspecified atom stereocenters. The van der Waals surface area contributed by atoms with Crippen molar-refractivity contribution in [3.8, 4) is 0 Å². The fraction of sp³-hybridized carbons (Fsp3) is 0.324. The molecule has 1 aliphatic rings. The molecular weight excluding hydrogens is 680 g/mol. The van der Waals surface area contributed by atoms with Crippen LogP contribution < -0.4 is 37.6 Å². The standard InChI is InChI=1S/C34H40N8O10/c1-20(38-28(45)18-37-27(44)17-36-26(43)14-15-42-29(46)12-13-30(42)47)32(49)41-25(16-22-6-4-3-5-7-22)33(50)39-21(2)31(48)40-24-10-8-23(9-11-24)19-52-34(35)51/h3-13,20-21,25H,14-19H2,1-2H3,(H2,35,51)(H,36,43)(H,37,44)(H,38,45)(H,39,50)(H,40,48)(H,41,49)/t20-,21-,25-/m0/s1. The van der Waals surface area contributed by atoms with Crippen LogP contribution in [0.4, 0.5) is 10.5 Å². The smallest absolute Gasteiger partial charge is 0.404 e. The van der Waals surface area contributed by atoms with Crippen molar-refractivity contribution in [1.82, 2.24) is 31.5 Å². The molecule has 1 heterocycles.